The van der Waals surface area contributed by atoms with Crippen molar-refractivity contribution in [1.29, 1.82) is 0 Å². The molecular formula is C30H31FN4O2. The van der Waals surface area contributed by atoms with E-state index in [0.29, 0.717) is 18.2 Å². The third-order valence-corrected chi connectivity index (χ3v) is 6.16. The summed E-state index contributed by atoms with van der Waals surface area (Å²) in [6, 6.07) is 23.6. The van der Waals surface area contributed by atoms with E-state index in [2.05, 4.69) is 15.3 Å². The highest BCUT2D eigenvalue weighted by Crippen LogP contribution is 2.28. The number of carbonyl (C=O) groups excluding carboxylic acids is 1. The molecule has 190 valence electrons. The van der Waals surface area contributed by atoms with Crippen molar-refractivity contribution in [2.45, 2.75) is 39.4 Å². The first-order valence-electron chi connectivity index (χ1n) is 12.2. The number of anilines is 1. The molecule has 0 radical (unpaired) electrons. The summed E-state index contributed by atoms with van der Waals surface area (Å²) in [6.07, 6.45) is 1.48. The van der Waals surface area contributed by atoms with Gasteiger partial charge in [0.15, 0.2) is 0 Å². The predicted molar refractivity (Wildman–Crippen MR) is 144 cm³/mol. The van der Waals surface area contributed by atoms with Gasteiger partial charge in [-0.2, -0.15) is 0 Å². The lowest BCUT2D eigenvalue weighted by Crippen LogP contribution is -2.37. The Morgan fingerprint density at radius 2 is 1.73 bits per heavy atom. The van der Waals surface area contributed by atoms with E-state index in [1.54, 1.807) is 30.2 Å². The Morgan fingerprint density at radius 3 is 2.43 bits per heavy atom. The van der Waals surface area contributed by atoms with Crippen LogP contribution in [-0.2, 0) is 6.54 Å². The van der Waals surface area contributed by atoms with E-state index in [0.717, 1.165) is 11.1 Å². The number of halogens is 1. The highest BCUT2D eigenvalue weighted by Gasteiger charge is 2.25. The van der Waals surface area contributed by atoms with E-state index in [1.807, 2.05) is 75.4 Å². The van der Waals surface area contributed by atoms with Crippen LogP contribution in [0.1, 0.15) is 48.3 Å². The molecule has 1 atom stereocenters. The smallest absolute Gasteiger partial charge is 0.258 e. The molecule has 1 heterocycles. The molecule has 0 fully saturated rings. The van der Waals surface area contributed by atoms with E-state index in [4.69, 9.17) is 4.74 Å². The number of methoxy groups -OCH3 is 1. The molecule has 6 nitrogen and oxygen atoms in total. The largest absolute Gasteiger partial charge is 0.497 e. The van der Waals surface area contributed by atoms with Crippen molar-refractivity contribution in [2.24, 2.45) is 0 Å². The minimum atomic E-state index is -0.457. The quantitative estimate of drug-likeness (QED) is 0.285. The zero-order chi connectivity index (χ0) is 26.4. The maximum absolute atomic E-state index is 14.9. The highest BCUT2D eigenvalue weighted by molar-refractivity contribution is 6.00. The molecule has 3 aromatic carbocycles. The average molecular weight is 499 g/mol. The van der Waals surface area contributed by atoms with Crippen LogP contribution < -0.4 is 10.1 Å². The SMILES string of the molecule is COc1cccc(CN(C(=O)c2cnc(NC(C)c3ccccc3)nc2-c2ccccc2F)C(C)C)c1. The van der Waals surface area contributed by atoms with Crippen LogP contribution in [0.4, 0.5) is 10.3 Å². The van der Waals surface area contributed by atoms with Crippen molar-refractivity contribution >= 4 is 11.9 Å². The Kier molecular flexibility index (Phi) is 8.13. The average Bonchev–Trinajstić information content (AvgIpc) is 2.92. The molecule has 1 unspecified atom stereocenters. The first-order valence-corrected chi connectivity index (χ1v) is 12.2. The topological polar surface area (TPSA) is 67.3 Å². The highest BCUT2D eigenvalue weighted by atomic mass is 19.1. The van der Waals surface area contributed by atoms with Crippen LogP contribution in [0, 0.1) is 5.82 Å². The van der Waals surface area contributed by atoms with Crippen LogP contribution in [-0.4, -0.2) is 33.9 Å². The summed E-state index contributed by atoms with van der Waals surface area (Å²) in [6.45, 7) is 6.24. The number of rotatable bonds is 9. The van der Waals surface area contributed by atoms with Crippen molar-refractivity contribution in [2.75, 3.05) is 12.4 Å². The molecule has 1 N–H and O–H groups in total. The molecule has 7 heteroatoms. The molecule has 0 saturated carbocycles. The zero-order valence-electron chi connectivity index (χ0n) is 21.5. The molecule has 0 aliphatic rings. The molecular weight excluding hydrogens is 467 g/mol. The molecule has 0 spiro atoms. The van der Waals surface area contributed by atoms with Gasteiger partial charge in [0.2, 0.25) is 5.95 Å². The van der Waals surface area contributed by atoms with Crippen molar-refractivity contribution in [1.82, 2.24) is 14.9 Å². The molecule has 1 amide bonds. The van der Waals surface area contributed by atoms with Gasteiger partial charge in [0.1, 0.15) is 11.6 Å². The number of nitrogens with one attached hydrogen (secondary N) is 1. The van der Waals surface area contributed by atoms with Gasteiger partial charge in [-0.15, -0.1) is 0 Å². The Hall–Kier alpha value is -4.26. The number of carbonyl (C=O) groups is 1. The summed E-state index contributed by atoms with van der Waals surface area (Å²) >= 11 is 0. The van der Waals surface area contributed by atoms with Gasteiger partial charge in [-0.05, 0) is 56.2 Å². The van der Waals surface area contributed by atoms with Crippen molar-refractivity contribution < 1.29 is 13.9 Å². The fourth-order valence-corrected chi connectivity index (χ4v) is 4.10. The molecule has 4 aromatic rings. The molecule has 0 bridgehead atoms. The lowest BCUT2D eigenvalue weighted by atomic mass is 10.0. The van der Waals surface area contributed by atoms with Gasteiger partial charge in [0, 0.05) is 24.3 Å². The maximum atomic E-state index is 14.9. The second-order valence-corrected chi connectivity index (χ2v) is 9.09. The molecule has 0 aliphatic carbocycles. The molecule has 0 aliphatic heterocycles. The predicted octanol–water partition coefficient (Wildman–Crippen LogP) is 6.52. The van der Waals surface area contributed by atoms with Gasteiger partial charge in [-0.1, -0.05) is 54.6 Å². The molecule has 0 saturated heterocycles. The third kappa shape index (κ3) is 6.12. The first-order chi connectivity index (χ1) is 17.9. The number of amides is 1. The lowest BCUT2D eigenvalue weighted by molar-refractivity contribution is 0.0690. The Morgan fingerprint density at radius 1 is 1.00 bits per heavy atom. The van der Waals surface area contributed by atoms with Crippen molar-refractivity contribution in [3.8, 4) is 17.0 Å². The van der Waals surface area contributed by atoms with Crippen LogP contribution in [0.25, 0.3) is 11.3 Å². The monoisotopic (exact) mass is 498 g/mol. The van der Waals surface area contributed by atoms with Gasteiger partial charge in [0.05, 0.1) is 24.4 Å². The Balaban J connectivity index is 1.72. The normalized spacial score (nSPS) is 11.7. The van der Waals surface area contributed by atoms with E-state index in [1.165, 1.54) is 12.3 Å². The van der Waals surface area contributed by atoms with Crippen LogP contribution in [0.5, 0.6) is 5.75 Å². The minimum absolute atomic E-state index is 0.0866. The lowest BCUT2D eigenvalue weighted by Gasteiger charge is -2.28. The van der Waals surface area contributed by atoms with E-state index < -0.39 is 5.82 Å². The van der Waals surface area contributed by atoms with Gasteiger partial charge < -0.3 is 15.0 Å². The summed E-state index contributed by atoms with van der Waals surface area (Å²) in [5.41, 5.74) is 2.71. The summed E-state index contributed by atoms with van der Waals surface area (Å²) in [7, 11) is 1.61. The zero-order valence-corrected chi connectivity index (χ0v) is 21.5. The van der Waals surface area contributed by atoms with Gasteiger partial charge in [-0.3, -0.25) is 4.79 Å². The second-order valence-electron chi connectivity index (χ2n) is 9.09. The fourth-order valence-electron chi connectivity index (χ4n) is 4.10. The van der Waals surface area contributed by atoms with Crippen LogP contribution >= 0.6 is 0 Å². The van der Waals surface area contributed by atoms with Crippen molar-refractivity contribution in [3.05, 3.63) is 108 Å². The van der Waals surface area contributed by atoms with Crippen LogP contribution in [0.3, 0.4) is 0 Å². The number of hydrogen-bond acceptors (Lipinski definition) is 5. The summed E-state index contributed by atoms with van der Waals surface area (Å²) in [5.74, 6) is 0.293. The number of nitrogens with zero attached hydrogens (tertiary/aromatic N) is 3. The summed E-state index contributed by atoms with van der Waals surface area (Å²) < 4.78 is 20.3. The van der Waals surface area contributed by atoms with Gasteiger partial charge >= 0.3 is 0 Å². The standard InChI is InChI=1S/C30H31FN4O2/c1-20(2)35(19-22-11-10-14-24(17-22)37-4)29(36)26-18-32-30(33-21(3)23-12-6-5-7-13-23)34-28(26)25-15-8-9-16-27(25)31/h5-18,20-21H,19H2,1-4H3,(H,32,33,34). The number of hydrogen-bond donors (Lipinski definition) is 1. The maximum Gasteiger partial charge on any atom is 0.258 e. The molecule has 1 aromatic heterocycles. The van der Waals surface area contributed by atoms with E-state index in [-0.39, 0.29) is 34.8 Å². The van der Waals surface area contributed by atoms with Gasteiger partial charge in [-0.25, -0.2) is 14.4 Å². The Bertz CT molecular complexity index is 1360. The summed E-state index contributed by atoms with van der Waals surface area (Å²) in [5, 5.41) is 3.27. The fraction of sp³-hybridized carbons (Fsp3) is 0.233. The summed E-state index contributed by atoms with van der Waals surface area (Å²) in [4.78, 5) is 24.7. The minimum Gasteiger partial charge on any atom is -0.497 e. The van der Waals surface area contributed by atoms with Gasteiger partial charge in [0.25, 0.3) is 5.91 Å². The molecule has 37 heavy (non-hydrogen) atoms. The third-order valence-electron chi connectivity index (χ3n) is 6.16. The first kappa shape index (κ1) is 25.8. The Labute approximate surface area is 217 Å². The van der Waals surface area contributed by atoms with E-state index in [9.17, 15) is 9.18 Å². The molecule has 4 rings (SSSR count). The van der Waals surface area contributed by atoms with E-state index >= 15 is 0 Å². The second kappa shape index (κ2) is 11.6. The van der Waals surface area contributed by atoms with Crippen LogP contribution in [0.15, 0.2) is 85.1 Å². The number of ether oxygens (including phenoxy) is 1. The van der Waals surface area contributed by atoms with Crippen molar-refractivity contribution in [3.63, 3.8) is 0 Å². The number of aromatic nitrogens is 2. The van der Waals surface area contributed by atoms with Crippen LogP contribution in [0.2, 0.25) is 0 Å². The number of benzene rings is 3.